The third-order valence-electron chi connectivity index (χ3n) is 8.41. The predicted molar refractivity (Wildman–Crippen MR) is 155 cm³/mol. The average Bonchev–Trinajstić information content (AvgIpc) is 3.00. The number of amides is 1. The summed E-state index contributed by atoms with van der Waals surface area (Å²) in [5.41, 5.74) is 4.06. The first-order valence-electron chi connectivity index (χ1n) is 14.2. The number of carbonyl (C=O) groups is 3. The van der Waals surface area contributed by atoms with E-state index in [1.165, 1.54) is 12.1 Å². The number of phenolic OH excluding ortho intramolecular Hbond substituents is 2. The summed E-state index contributed by atoms with van der Waals surface area (Å²) in [4.78, 5) is 39.6. The van der Waals surface area contributed by atoms with Crippen molar-refractivity contribution in [2.75, 3.05) is 11.9 Å². The number of hydrogen-bond acceptors (Lipinski definition) is 11. The maximum absolute atomic E-state index is 13.5. The molecule has 0 unspecified atom stereocenters. The average molecular weight is 605 g/mol. The van der Waals surface area contributed by atoms with Crippen LogP contribution in [0.1, 0.15) is 68.8 Å². The van der Waals surface area contributed by atoms with Gasteiger partial charge in [-0.2, -0.15) is 0 Å². The predicted octanol–water partition coefficient (Wildman–Crippen LogP) is 2.68. The molecule has 1 aliphatic heterocycles. The normalized spacial score (nSPS) is 27.6. The lowest BCUT2D eigenvalue weighted by Crippen LogP contribution is -2.52. The molecule has 0 aromatic heterocycles. The molecule has 3 aromatic rings. The van der Waals surface area contributed by atoms with Crippen LogP contribution >= 0.6 is 0 Å². The van der Waals surface area contributed by atoms with Crippen molar-refractivity contribution < 1.29 is 49.0 Å². The van der Waals surface area contributed by atoms with Crippen LogP contribution in [0.2, 0.25) is 0 Å². The summed E-state index contributed by atoms with van der Waals surface area (Å²) in [6.07, 6.45) is -5.23. The number of aliphatic hydroxyl groups is 2. The smallest absolute Gasteiger partial charge is 0.411 e. The fraction of sp³-hybridized carbons (Fsp3) is 0.344. The molecule has 1 amide bonds. The minimum atomic E-state index is -1.84. The van der Waals surface area contributed by atoms with Crippen LogP contribution in [0.15, 0.2) is 54.6 Å². The number of rotatable bonds is 5. The van der Waals surface area contributed by atoms with Crippen molar-refractivity contribution in [2.45, 2.75) is 62.4 Å². The van der Waals surface area contributed by atoms with E-state index in [9.17, 15) is 34.8 Å². The maximum atomic E-state index is 13.5. The van der Waals surface area contributed by atoms with E-state index in [2.05, 4.69) is 5.32 Å². The van der Waals surface area contributed by atoms with Crippen LogP contribution in [-0.4, -0.2) is 74.8 Å². The van der Waals surface area contributed by atoms with E-state index in [1.807, 2.05) is 0 Å². The Labute approximate surface area is 252 Å². The van der Waals surface area contributed by atoms with Gasteiger partial charge in [0, 0.05) is 53.2 Å². The Morgan fingerprint density at radius 3 is 2.27 bits per heavy atom. The quantitative estimate of drug-likeness (QED) is 0.183. The van der Waals surface area contributed by atoms with Crippen LogP contribution in [0.25, 0.3) is 0 Å². The number of ether oxygens (including phenoxy) is 3. The maximum Gasteiger partial charge on any atom is 0.411 e. The molecule has 6 atom stereocenters. The Balaban J connectivity index is 1.38. The molecule has 1 heterocycles. The zero-order chi connectivity index (χ0) is 31.3. The number of nitrogens with two attached hydrogens (primary N) is 1. The number of anilines is 1. The SMILES string of the molecule is C[C@@H]1O[C@@H](O[C@H]2C[C@](O)(COC(=O)Nc3ccccc3)Cc3c(O)c4c(c(O)c32)C(=O)c2ccccc2C4=O)C[C@@H](N)[C@@H]1O. The third-order valence-corrected chi connectivity index (χ3v) is 8.41. The number of para-hydroxylation sites is 1. The molecule has 3 aromatic carbocycles. The van der Waals surface area contributed by atoms with Gasteiger partial charge < -0.3 is 40.4 Å². The molecule has 230 valence electrons. The van der Waals surface area contributed by atoms with Gasteiger partial charge in [-0.05, 0) is 19.1 Å². The van der Waals surface area contributed by atoms with E-state index < -0.39 is 72.0 Å². The van der Waals surface area contributed by atoms with Crippen molar-refractivity contribution in [1.82, 2.24) is 0 Å². The monoisotopic (exact) mass is 604 g/mol. The van der Waals surface area contributed by atoms with E-state index in [0.717, 1.165) is 0 Å². The summed E-state index contributed by atoms with van der Waals surface area (Å²) in [5.74, 6) is -2.48. The molecule has 44 heavy (non-hydrogen) atoms. The number of fused-ring (bicyclic) bond motifs is 3. The van der Waals surface area contributed by atoms with Gasteiger partial charge in [-0.25, -0.2) is 4.79 Å². The topological polar surface area (TPSA) is 198 Å². The summed E-state index contributed by atoms with van der Waals surface area (Å²) in [6.45, 7) is 1.07. The van der Waals surface area contributed by atoms with Gasteiger partial charge in [0.05, 0.1) is 29.4 Å². The molecular weight excluding hydrogens is 572 g/mol. The number of aromatic hydroxyl groups is 2. The number of benzene rings is 3. The van der Waals surface area contributed by atoms with Crippen molar-refractivity contribution in [3.63, 3.8) is 0 Å². The highest BCUT2D eigenvalue weighted by molar-refractivity contribution is 6.30. The van der Waals surface area contributed by atoms with Crippen molar-refractivity contribution in [2.24, 2.45) is 5.73 Å². The molecule has 12 heteroatoms. The van der Waals surface area contributed by atoms with Crippen LogP contribution < -0.4 is 11.1 Å². The molecule has 7 N–H and O–H groups in total. The van der Waals surface area contributed by atoms with Crippen LogP contribution in [0.3, 0.4) is 0 Å². The van der Waals surface area contributed by atoms with Crippen LogP contribution in [-0.2, 0) is 20.6 Å². The highest BCUT2D eigenvalue weighted by Gasteiger charge is 2.48. The zero-order valence-corrected chi connectivity index (χ0v) is 23.7. The second-order valence-corrected chi connectivity index (χ2v) is 11.5. The summed E-state index contributed by atoms with van der Waals surface area (Å²) < 4.78 is 17.4. The molecule has 0 radical (unpaired) electrons. The number of hydrogen-bond donors (Lipinski definition) is 6. The summed E-state index contributed by atoms with van der Waals surface area (Å²) in [6, 6.07) is 13.9. The number of aliphatic hydroxyl groups excluding tert-OH is 1. The first-order valence-corrected chi connectivity index (χ1v) is 14.2. The van der Waals surface area contributed by atoms with E-state index in [1.54, 1.807) is 49.4 Å². The Morgan fingerprint density at radius 2 is 1.64 bits per heavy atom. The van der Waals surface area contributed by atoms with Gasteiger partial charge in [-0.1, -0.05) is 42.5 Å². The number of carbonyl (C=O) groups excluding carboxylic acids is 3. The molecule has 12 nitrogen and oxygen atoms in total. The fourth-order valence-corrected chi connectivity index (χ4v) is 6.22. The standard InChI is InChI=1S/C32H32N2O10/c1-15-26(35)20(33)11-22(43-15)44-21-13-32(41,14-42-31(40)34-16-7-3-2-4-8-16)12-19-23(21)30(39)25-24(29(19)38)27(36)17-9-5-6-10-18(17)28(25)37/h2-10,15,20-22,26,35,38-39,41H,11-14,33H2,1H3,(H,34,40)/t15-,20+,21-,22-,26+,32-/m0/s1. The van der Waals surface area contributed by atoms with Crippen molar-refractivity contribution >= 4 is 23.3 Å². The molecule has 3 aliphatic rings. The highest BCUT2D eigenvalue weighted by atomic mass is 16.7. The van der Waals surface area contributed by atoms with Crippen LogP contribution in [0.5, 0.6) is 11.5 Å². The first-order chi connectivity index (χ1) is 21.0. The molecular formula is C32H32N2O10. The molecule has 2 aliphatic carbocycles. The molecule has 0 bridgehead atoms. The molecule has 1 saturated heterocycles. The first kappa shape index (κ1) is 29.7. The van der Waals surface area contributed by atoms with E-state index >= 15 is 0 Å². The zero-order valence-electron chi connectivity index (χ0n) is 23.7. The van der Waals surface area contributed by atoms with Gasteiger partial charge in [0.25, 0.3) is 0 Å². The van der Waals surface area contributed by atoms with Gasteiger partial charge >= 0.3 is 6.09 Å². The molecule has 0 spiro atoms. The van der Waals surface area contributed by atoms with E-state index in [4.69, 9.17) is 19.9 Å². The summed E-state index contributed by atoms with van der Waals surface area (Å²) in [5, 5.41) is 47.6. The number of nitrogens with one attached hydrogen (secondary N) is 1. The lowest BCUT2D eigenvalue weighted by atomic mass is 9.73. The van der Waals surface area contributed by atoms with Gasteiger partial charge in [0.2, 0.25) is 0 Å². The molecule has 6 rings (SSSR count). The summed E-state index contributed by atoms with van der Waals surface area (Å²) >= 11 is 0. The van der Waals surface area contributed by atoms with Crippen molar-refractivity contribution in [3.05, 3.63) is 88.0 Å². The minimum Gasteiger partial charge on any atom is -0.507 e. The Morgan fingerprint density at radius 1 is 1.02 bits per heavy atom. The van der Waals surface area contributed by atoms with Crippen LogP contribution in [0, 0.1) is 0 Å². The minimum absolute atomic E-state index is 0.00357. The largest absolute Gasteiger partial charge is 0.507 e. The van der Waals surface area contributed by atoms with Crippen molar-refractivity contribution in [1.29, 1.82) is 0 Å². The third kappa shape index (κ3) is 5.20. The van der Waals surface area contributed by atoms with Gasteiger partial charge in [-0.3, -0.25) is 14.9 Å². The lowest BCUT2D eigenvalue weighted by Gasteiger charge is -2.42. The van der Waals surface area contributed by atoms with Crippen molar-refractivity contribution in [3.8, 4) is 11.5 Å². The summed E-state index contributed by atoms with van der Waals surface area (Å²) in [7, 11) is 0. The fourth-order valence-electron chi connectivity index (χ4n) is 6.22. The lowest BCUT2D eigenvalue weighted by molar-refractivity contribution is -0.248. The van der Waals surface area contributed by atoms with E-state index in [0.29, 0.717) is 5.69 Å². The second-order valence-electron chi connectivity index (χ2n) is 11.5. The Kier molecular flexibility index (Phi) is 7.64. The van der Waals surface area contributed by atoms with Gasteiger partial charge in [0.15, 0.2) is 17.9 Å². The highest BCUT2D eigenvalue weighted by Crippen LogP contribution is 2.51. The molecule has 0 saturated carbocycles. The Hall–Kier alpha value is -4.33. The van der Waals surface area contributed by atoms with E-state index in [-0.39, 0.29) is 52.6 Å². The molecule has 1 fully saturated rings. The second kappa shape index (κ2) is 11.3. The van der Waals surface area contributed by atoms with Gasteiger partial charge in [-0.15, -0.1) is 0 Å². The van der Waals surface area contributed by atoms with Crippen LogP contribution in [0.4, 0.5) is 10.5 Å². The number of phenols is 2. The number of ketones is 2. The van der Waals surface area contributed by atoms with Gasteiger partial charge in [0.1, 0.15) is 23.7 Å². The Bertz CT molecular complexity index is 1630.